The Balaban J connectivity index is 1.80. The predicted molar refractivity (Wildman–Crippen MR) is 83.6 cm³/mol. The van der Waals surface area contributed by atoms with E-state index in [-0.39, 0.29) is 17.8 Å². The number of amides is 1. The first kappa shape index (κ1) is 14.6. The van der Waals surface area contributed by atoms with Gasteiger partial charge in [0.2, 0.25) is 0 Å². The van der Waals surface area contributed by atoms with E-state index in [9.17, 15) is 9.59 Å². The third-order valence-electron chi connectivity index (χ3n) is 4.15. The van der Waals surface area contributed by atoms with Gasteiger partial charge in [-0.3, -0.25) is 9.59 Å². The quantitative estimate of drug-likeness (QED) is 0.886. The van der Waals surface area contributed by atoms with Gasteiger partial charge < -0.3 is 14.6 Å². The van der Waals surface area contributed by atoms with Gasteiger partial charge in [-0.1, -0.05) is 12.1 Å². The van der Waals surface area contributed by atoms with Crippen LogP contribution in [0.2, 0.25) is 0 Å². The number of likely N-dealkylation sites (tertiary alicyclic amines) is 1. The highest BCUT2D eigenvalue weighted by molar-refractivity contribution is 6.05. The third kappa shape index (κ3) is 2.71. The van der Waals surface area contributed by atoms with Gasteiger partial charge in [0.05, 0.1) is 23.6 Å². The van der Waals surface area contributed by atoms with E-state index < -0.39 is 0 Å². The number of rotatable bonds is 3. The standard InChI is InChI=1S/C17H20N2O3/c1-2-22-17(21)13-6-4-10-19(11-13)16(20)14-7-3-5-12-8-9-18-15(12)14/h3,5,7-9,13,18H,2,4,6,10-11H2,1H3/t13-/m1/s1. The van der Waals surface area contributed by atoms with E-state index in [4.69, 9.17) is 4.74 Å². The molecule has 1 saturated heterocycles. The molecule has 1 aromatic carbocycles. The summed E-state index contributed by atoms with van der Waals surface area (Å²) in [7, 11) is 0. The molecule has 5 nitrogen and oxygen atoms in total. The van der Waals surface area contributed by atoms with Crippen molar-refractivity contribution in [1.29, 1.82) is 0 Å². The Bertz CT molecular complexity index is 692. The highest BCUT2D eigenvalue weighted by atomic mass is 16.5. The maximum Gasteiger partial charge on any atom is 0.310 e. The van der Waals surface area contributed by atoms with Crippen LogP contribution in [0.4, 0.5) is 0 Å². The Morgan fingerprint density at radius 2 is 2.23 bits per heavy atom. The minimum Gasteiger partial charge on any atom is -0.466 e. The van der Waals surface area contributed by atoms with Gasteiger partial charge >= 0.3 is 5.97 Å². The smallest absolute Gasteiger partial charge is 0.310 e. The first-order valence-electron chi connectivity index (χ1n) is 7.72. The zero-order valence-corrected chi connectivity index (χ0v) is 12.7. The molecule has 0 bridgehead atoms. The van der Waals surface area contributed by atoms with Crippen molar-refractivity contribution >= 4 is 22.8 Å². The first-order chi connectivity index (χ1) is 10.7. The van der Waals surface area contributed by atoms with Crippen LogP contribution in [0.25, 0.3) is 10.9 Å². The summed E-state index contributed by atoms with van der Waals surface area (Å²) in [4.78, 5) is 29.6. The third-order valence-corrected chi connectivity index (χ3v) is 4.15. The summed E-state index contributed by atoms with van der Waals surface area (Å²) in [6, 6.07) is 7.63. The second kappa shape index (κ2) is 6.22. The van der Waals surface area contributed by atoms with Crippen molar-refractivity contribution in [2.45, 2.75) is 19.8 Å². The van der Waals surface area contributed by atoms with E-state index >= 15 is 0 Å². The van der Waals surface area contributed by atoms with E-state index in [1.165, 1.54) is 0 Å². The molecule has 1 fully saturated rings. The van der Waals surface area contributed by atoms with Crippen LogP contribution in [0.5, 0.6) is 0 Å². The summed E-state index contributed by atoms with van der Waals surface area (Å²) in [6.45, 7) is 3.31. The van der Waals surface area contributed by atoms with Crippen molar-refractivity contribution in [3.8, 4) is 0 Å². The normalized spacial score (nSPS) is 18.4. The minimum atomic E-state index is -0.208. The van der Waals surface area contributed by atoms with Crippen LogP contribution in [-0.2, 0) is 9.53 Å². The van der Waals surface area contributed by atoms with Gasteiger partial charge in [-0.25, -0.2) is 0 Å². The molecule has 22 heavy (non-hydrogen) atoms. The first-order valence-corrected chi connectivity index (χ1v) is 7.72. The predicted octanol–water partition coefficient (Wildman–Crippen LogP) is 2.58. The maximum atomic E-state index is 12.8. The largest absolute Gasteiger partial charge is 0.466 e. The number of benzene rings is 1. The number of hydrogen-bond acceptors (Lipinski definition) is 3. The number of fused-ring (bicyclic) bond motifs is 1. The molecule has 0 radical (unpaired) electrons. The summed E-state index contributed by atoms with van der Waals surface area (Å²) in [5.41, 5.74) is 1.51. The van der Waals surface area contributed by atoms with Gasteiger partial charge in [-0.15, -0.1) is 0 Å². The SMILES string of the molecule is CCOC(=O)[C@@H]1CCCN(C(=O)c2cccc3cc[nH]c23)C1. The van der Waals surface area contributed by atoms with Crippen molar-refractivity contribution in [1.82, 2.24) is 9.88 Å². The number of ether oxygens (including phenoxy) is 1. The molecule has 1 aromatic heterocycles. The molecule has 1 N–H and O–H groups in total. The Labute approximate surface area is 129 Å². The van der Waals surface area contributed by atoms with Crippen LogP contribution >= 0.6 is 0 Å². The molecule has 116 valence electrons. The van der Waals surface area contributed by atoms with Crippen LogP contribution in [-0.4, -0.2) is 41.5 Å². The maximum absolute atomic E-state index is 12.8. The number of nitrogens with one attached hydrogen (secondary N) is 1. The van der Waals surface area contributed by atoms with Crippen molar-refractivity contribution in [3.63, 3.8) is 0 Å². The second-order valence-electron chi connectivity index (χ2n) is 5.59. The van der Waals surface area contributed by atoms with Gasteiger partial charge in [0, 0.05) is 24.7 Å². The molecule has 1 aliphatic rings. The number of esters is 1. The summed E-state index contributed by atoms with van der Waals surface area (Å²) < 4.78 is 5.09. The fourth-order valence-corrected chi connectivity index (χ4v) is 3.05. The number of hydrogen-bond donors (Lipinski definition) is 1. The number of piperidine rings is 1. The number of para-hydroxylation sites is 1. The molecular weight excluding hydrogens is 280 g/mol. The van der Waals surface area contributed by atoms with Crippen LogP contribution in [0.15, 0.2) is 30.5 Å². The number of aromatic nitrogens is 1. The lowest BCUT2D eigenvalue weighted by Gasteiger charge is -2.31. The van der Waals surface area contributed by atoms with Crippen molar-refractivity contribution in [2.24, 2.45) is 5.92 Å². The zero-order chi connectivity index (χ0) is 15.5. The summed E-state index contributed by atoms with van der Waals surface area (Å²) in [5, 5.41) is 1.02. The summed E-state index contributed by atoms with van der Waals surface area (Å²) >= 11 is 0. The van der Waals surface area contributed by atoms with E-state index in [1.54, 1.807) is 11.8 Å². The number of carbonyl (C=O) groups is 2. The van der Waals surface area contributed by atoms with E-state index in [1.807, 2.05) is 30.5 Å². The molecule has 1 aliphatic heterocycles. The van der Waals surface area contributed by atoms with Gasteiger partial charge in [-0.05, 0) is 31.9 Å². The summed E-state index contributed by atoms with van der Waals surface area (Å²) in [6.07, 6.45) is 3.45. The molecule has 0 spiro atoms. The number of carbonyl (C=O) groups excluding carboxylic acids is 2. The minimum absolute atomic E-state index is 0.0259. The Hall–Kier alpha value is -2.30. The van der Waals surface area contributed by atoms with Gasteiger partial charge in [0.15, 0.2) is 0 Å². The van der Waals surface area contributed by atoms with Crippen LogP contribution < -0.4 is 0 Å². The second-order valence-corrected chi connectivity index (χ2v) is 5.59. The van der Waals surface area contributed by atoms with E-state index in [0.29, 0.717) is 25.3 Å². The molecule has 0 aliphatic carbocycles. The molecule has 0 unspecified atom stereocenters. The highest BCUT2D eigenvalue weighted by Crippen LogP contribution is 2.23. The topological polar surface area (TPSA) is 62.4 Å². The fourth-order valence-electron chi connectivity index (χ4n) is 3.05. The fraction of sp³-hybridized carbons (Fsp3) is 0.412. The van der Waals surface area contributed by atoms with E-state index in [2.05, 4.69) is 4.98 Å². The van der Waals surface area contributed by atoms with E-state index in [0.717, 1.165) is 23.7 Å². The molecule has 0 saturated carbocycles. The number of nitrogens with zero attached hydrogens (tertiary/aromatic N) is 1. The van der Waals surface area contributed by atoms with Crippen LogP contribution in [0, 0.1) is 5.92 Å². The Morgan fingerprint density at radius 3 is 3.05 bits per heavy atom. The molecule has 5 heteroatoms. The molecule has 1 atom stereocenters. The number of H-pyrrole nitrogens is 1. The number of aromatic amines is 1. The van der Waals surface area contributed by atoms with Crippen molar-refractivity contribution in [2.75, 3.05) is 19.7 Å². The van der Waals surface area contributed by atoms with Crippen LogP contribution in [0.1, 0.15) is 30.1 Å². The lowest BCUT2D eigenvalue weighted by Crippen LogP contribution is -2.42. The Kier molecular flexibility index (Phi) is 4.13. The zero-order valence-electron chi connectivity index (χ0n) is 12.7. The lowest BCUT2D eigenvalue weighted by atomic mass is 9.97. The van der Waals surface area contributed by atoms with Crippen molar-refractivity contribution < 1.29 is 14.3 Å². The Morgan fingerprint density at radius 1 is 1.36 bits per heavy atom. The molecule has 2 aromatic rings. The highest BCUT2D eigenvalue weighted by Gasteiger charge is 2.30. The summed E-state index contributed by atoms with van der Waals surface area (Å²) in [5.74, 6) is -0.430. The van der Waals surface area contributed by atoms with Crippen LogP contribution in [0.3, 0.4) is 0 Å². The average molecular weight is 300 g/mol. The lowest BCUT2D eigenvalue weighted by molar-refractivity contribution is -0.149. The molecular formula is C17H20N2O3. The molecule has 1 amide bonds. The van der Waals surface area contributed by atoms with Crippen molar-refractivity contribution in [3.05, 3.63) is 36.0 Å². The molecule has 2 heterocycles. The van der Waals surface area contributed by atoms with Gasteiger partial charge in [0.1, 0.15) is 0 Å². The van der Waals surface area contributed by atoms with Gasteiger partial charge in [0.25, 0.3) is 5.91 Å². The average Bonchev–Trinajstić information content (AvgIpc) is 3.03. The monoisotopic (exact) mass is 300 g/mol. The van der Waals surface area contributed by atoms with Gasteiger partial charge in [-0.2, -0.15) is 0 Å². The molecule has 3 rings (SSSR count).